The lowest BCUT2D eigenvalue weighted by molar-refractivity contribution is -0.149. The minimum Gasteiger partial charge on any atom is -0.477 e. The number of carbonyl (C=O) groups is 2. The third kappa shape index (κ3) is 4.36. The Morgan fingerprint density at radius 3 is 2.58 bits per heavy atom. The van der Waals surface area contributed by atoms with Crippen LogP contribution in [0.25, 0.3) is 0 Å². The number of aliphatic carboxylic acids is 1. The van der Waals surface area contributed by atoms with Crippen LogP contribution >= 0.6 is 0 Å². The molecule has 7 nitrogen and oxygen atoms in total. The predicted molar refractivity (Wildman–Crippen MR) is 37.0 cm³/mol. The van der Waals surface area contributed by atoms with Crippen LogP contribution in [0.4, 0.5) is 0 Å². The summed E-state index contributed by atoms with van der Waals surface area (Å²) < 4.78 is 0. The van der Waals surface area contributed by atoms with Crippen molar-refractivity contribution in [2.45, 2.75) is 6.92 Å². The molecule has 0 aromatic rings. The number of carbonyl (C=O) groups excluding carboxylic acids is 1. The fourth-order valence-electron chi connectivity index (χ4n) is 0.253. The van der Waals surface area contributed by atoms with Crippen LogP contribution in [-0.4, -0.2) is 29.4 Å². The first kappa shape index (κ1) is 10.5. The first-order valence-corrected chi connectivity index (χ1v) is 2.87. The van der Waals surface area contributed by atoms with Gasteiger partial charge in [-0.05, 0) is 6.92 Å². The zero-order valence-corrected chi connectivity index (χ0v) is 6.31. The van der Waals surface area contributed by atoms with Gasteiger partial charge in [-0.2, -0.15) is 0 Å². The number of carboxylic acid groups (broad SMARTS) is 1. The molecule has 3 N–H and O–H groups in total. The van der Waals surface area contributed by atoms with Gasteiger partial charge in [-0.3, -0.25) is 4.84 Å². The predicted octanol–water partition coefficient (Wildman–Crippen LogP) is -1.12. The SMILES string of the molecule is CC(=NOC(=O)CON)C(=O)O. The Kier molecular flexibility index (Phi) is 4.58. The second-order valence-electron chi connectivity index (χ2n) is 1.76. The Bertz CT molecular complexity index is 212. The largest absolute Gasteiger partial charge is 0.477 e. The minimum atomic E-state index is -1.27. The number of nitrogens with two attached hydrogens (primary N) is 1. The highest BCUT2D eigenvalue weighted by atomic mass is 16.7. The van der Waals surface area contributed by atoms with Crippen LogP contribution in [-0.2, 0) is 19.3 Å². The fourth-order valence-corrected chi connectivity index (χ4v) is 0.253. The summed E-state index contributed by atoms with van der Waals surface area (Å²) in [5.74, 6) is 2.40. The monoisotopic (exact) mass is 176 g/mol. The summed E-state index contributed by atoms with van der Waals surface area (Å²) in [6, 6.07) is 0. The maximum atomic E-state index is 10.4. The molecule has 0 rings (SSSR count). The first-order valence-electron chi connectivity index (χ1n) is 2.87. The molecule has 12 heavy (non-hydrogen) atoms. The molecular formula is C5H8N2O5. The van der Waals surface area contributed by atoms with E-state index < -0.39 is 18.5 Å². The molecule has 7 heteroatoms. The van der Waals surface area contributed by atoms with Gasteiger partial charge in [0.25, 0.3) is 0 Å². The minimum absolute atomic E-state index is 0.333. The molecule has 68 valence electrons. The Balaban J connectivity index is 3.87. The van der Waals surface area contributed by atoms with Gasteiger partial charge in [-0.15, -0.1) is 0 Å². The Morgan fingerprint density at radius 2 is 2.17 bits per heavy atom. The van der Waals surface area contributed by atoms with Crippen LogP contribution < -0.4 is 5.90 Å². The lowest BCUT2D eigenvalue weighted by Crippen LogP contribution is -2.15. The van der Waals surface area contributed by atoms with E-state index in [4.69, 9.17) is 5.11 Å². The maximum absolute atomic E-state index is 10.4. The normalized spacial score (nSPS) is 11.0. The smallest absolute Gasteiger partial charge is 0.362 e. The van der Waals surface area contributed by atoms with E-state index in [1.807, 2.05) is 0 Å². The van der Waals surface area contributed by atoms with Gasteiger partial charge >= 0.3 is 11.9 Å². The number of rotatable bonds is 4. The third-order valence-corrected chi connectivity index (χ3v) is 0.795. The highest BCUT2D eigenvalue weighted by molar-refractivity contribution is 6.34. The number of oxime groups is 1. The van der Waals surface area contributed by atoms with Crippen molar-refractivity contribution >= 4 is 17.7 Å². The second-order valence-corrected chi connectivity index (χ2v) is 1.76. The van der Waals surface area contributed by atoms with Gasteiger partial charge in [0.15, 0.2) is 12.3 Å². The number of carboxylic acids is 1. The summed E-state index contributed by atoms with van der Waals surface area (Å²) in [5.41, 5.74) is -0.333. The zero-order valence-electron chi connectivity index (χ0n) is 6.31. The molecule has 0 fully saturated rings. The molecule has 0 radical (unpaired) electrons. The van der Waals surface area contributed by atoms with Crippen molar-refractivity contribution in [2.75, 3.05) is 6.61 Å². The van der Waals surface area contributed by atoms with Crippen LogP contribution in [0.1, 0.15) is 6.92 Å². The molecule has 0 aliphatic rings. The van der Waals surface area contributed by atoms with E-state index in [1.165, 1.54) is 6.92 Å². The summed E-state index contributed by atoms with van der Waals surface area (Å²) in [6.45, 7) is 0.704. The summed E-state index contributed by atoms with van der Waals surface area (Å²) >= 11 is 0. The maximum Gasteiger partial charge on any atom is 0.362 e. The average molecular weight is 176 g/mol. The second kappa shape index (κ2) is 5.22. The number of nitrogens with zero attached hydrogens (tertiary/aromatic N) is 1. The standard InChI is InChI=1S/C5H8N2O5/c1-3(5(9)10)7-12-4(8)2-11-6/h2,6H2,1H3,(H,9,10). The molecule has 0 saturated heterocycles. The molecule has 0 spiro atoms. The molecular weight excluding hydrogens is 168 g/mol. The van der Waals surface area contributed by atoms with E-state index >= 15 is 0 Å². The Hall–Kier alpha value is -1.47. The Morgan fingerprint density at radius 1 is 1.58 bits per heavy atom. The van der Waals surface area contributed by atoms with Crippen molar-refractivity contribution in [1.29, 1.82) is 0 Å². The molecule has 0 atom stereocenters. The van der Waals surface area contributed by atoms with Crippen LogP contribution in [0.5, 0.6) is 0 Å². The van der Waals surface area contributed by atoms with Crippen LogP contribution in [0, 0.1) is 0 Å². The highest BCUT2D eigenvalue weighted by Crippen LogP contribution is 1.83. The summed E-state index contributed by atoms with van der Waals surface area (Å²) in [6.07, 6.45) is 0. The molecule has 0 aliphatic heterocycles. The quantitative estimate of drug-likeness (QED) is 0.319. The van der Waals surface area contributed by atoms with Crippen LogP contribution in [0.15, 0.2) is 5.16 Å². The summed E-state index contributed by atoms with van der Waals surface area (Å²) in [5, 5.41) is 11.2. The number of hydrogen-bond acceptors (Lipinski definition) is 6. The van der Waals surface area contributed by atoms with Crippen molar-refractivity contribution in [3.05, 3.63) is 0 Å². The molecule has 0 aromatic heterocycles. The van der Waals surface area contributed by atoms with Crippen molar-refractivity contribution in [3.63, 3.8) is 0 Å². The Labute approximate surface area is 67.7 Å². The molecule has 0 saturated carbocycles. The van der Waals surface area contributed by atoms with Gasteiger partial charge in [-0.25, -0.2) is 15.5 Å². The highest BCUT2D eigenvalue weighted by Gasteiger charge is 2.05. The van der Waals surface area contributed by atoms with E-state index in [9.17, 15) is 9.59 Å². The zero-order chi connectivity index (χ0) is 9.56. The topological polar surface area (TPSA) is 111 Å². The number of hydrogen-bond donors (Lipinski definition) is 2. The van der Waals surface area contributed by atoms with Gasteiger partial charge < -0.3 is 9.94 Å². The molecule has 0 amide bonds. The third-order valence-electron chi connectivity index (χ3n) is 0.795. The average Bonchev–Trinajstić information content (AvgIpc) is 2.00. The van der Waals surface area contributed by atoms with E-state index in [2.05, 4.69) is 20.7 Å². The lowest BCUT2D eigenvalue weighted by Gasteiger charge is -1.95. The van der Waals surface area contributed by atoms with Gasteiger partial charge in [0.1, 0.15) is 0 Å². The van der Waals surface area contributed by atoms with Gasteiger partial charge in [0.05, 0.1) is 0 Å². The summed E-state index contributed by atoms with van der Waals surface area (Å²) in [4.78, 5) is 28.5. The van der Waals surface area contributed by atoms with E-state index in [1.54, 1.807) is 0 Å². The molecule has 0 heterocycles. The van der Waals surface area contributed by atoms with E-state index in [-0.39, 0.29) is 5.71 Å². The summed E-state index contributed by atoms with van der Waals surface area (Å²) in [7, 11) is 0. The molecule has 0 aromatic carbocycles. The lowest BCUT2D eigenvalue weighted by atomic mass is 10.4. The van der Waals surface area contributed by atoms with Crippen molar-refractivity contribution in [3.8, 4) is 0 Å². The molecule has 0 unspecified atom stereocenters. The van der Waals surface area contributed by atoms with Gasteiger partial charge in [0, 0.05) is 0 Å². The van der Waals surface area contributed by atoms with Crippen molar-refractivity contribution in [2.24, 2.45) is 11.1 Å². The fraction of sp³-hybridized carbons (Fsp3) is 0.400. The van der Waals surface area contributed by atoms with Gasteiger partial charge in [-0.1, -0.05) is 5.16 Å². The van der Waals surface area contributed by atoms with E-state index in [0.717, 1.165) is 0 Å². The molecule has 0 aliphatic carbocycles. The van der Waals surface area contributed by atoms with Crippen LogP contribution in [0.2, 0.25) is 0 Å². The molecule has 0 bridgehead atoms. The van der Waals surface area contributed by atoms with Crippen molar-refractivity contribution < 1.29 is 24.4 Å². The van der Waals surface area contributed by atoms with Crippen molar-refractivity contribution in [1.82, 2.24) is 0 Å². The first-order chi connectivity index (χ1) is 5.57. The van der Waals surface area contributed by atoms with E-state index in [0.29, 0.717) is 0 Å². The van der Waals surface area contributed by atoms with Crippen LogP contribution in [0.3, 0.4) is 0 Å². The van der Waals surface area contributed by atoms with Gasteiger partial charge in [0.2, 0.25) is 0 Å².